The summed E-state index contributed by atoms with van der Waals surface area (Å²) in [4.78, 5) is 22.9. The zero-order valence-corrected chi connectivity index (χ0v) is 18.7. The van der Waals surface area contributed by atoms with E-state index in [0.717, 1.165) is 24.9 Å². The number of rotatable bonds is 12. The van der Waals surface area contributed by atoms with E-state index in [2.05, 4.69) is 44.1 Å². The van der Waals surface area contributed by atoms with Gasteiger partial charge in [-0.3, -0.25) is 0 Å². The number of carbonyl (C=O) groups is 2. The molecule has 0 saturated carbocycles. The predicted octanol–water partition coefficient (Wildman–Crippen LogP) is 3.76. The number of carbonyl (C=O) groups excluding carboxylic acids is 2. The summed E-state index contributed by atoms with van der Waals surface area (Å²) in [7, 11) is 0.0725. The fourth-order valence-electron chi connectivity index (χ4n) is 2.06. The van der Waals surface area contributed by atoms with Crippen molar-refractivity contribution in [3.8, 4) is 0 Å². The van der Waals surface area contributed by atoms with E-state index in [1.54, 1.807) is 13.8 Å². The molecule has 0 unspecified atom stereocenters. The fourth-order valence-corrected chi connectivity index (χ4v) is 8.55. The first-order valence-electron chi connectivity index (χ1n) is 8.70. The van der Waals surface area contributed by atoms with E-state index in [9.17, 15) is 9.59 Å². The topological polar surface area (TPSA) is 55.8 Å². The van der Waals surface area contributed by atoms with Crippen molar-refractivity contribution in [3.63, 3.8) is 0 Å². The van der Waals surface area contributed by atoms with Gasteiger partial charge in [-0.2, -0.15) is 0 Å². The van der Waals surface area contributed by atoms with Gasteiger partial charge in [0.1, 0.15) is 17.2 Å². The standard InChI is InChI=1S/C18H34NO4Si2/c1-15(2)17(20)22-11-9-13-24(19(5)25(6,7)8)14-10-12-23-18(21)16(3)4/h1,3,9-14H2,2,4-8H3. The van der Waals surface area contributed by atoms with Crippen molar-refractivity contribution in [3.05, 3.63) is 24.3 Å². The maximum absolute atomic E-state index is 11.4. The number of nitrogens with zero attached hydrogens (tertiary/aromatic N) is 1. The van der Waals surface area contributed by atoms with Gasteiger partial charge >= 0.3 is 11.9 Å². The van der Waals surface area contributed by atoms with Crippen molar-refractivity contribution in [2.45, 2.75) is 58.4 Å². The Labute approximate surface area is 155 Å². The van der Waals surface area contributed by atoms with Gasteiger partial charge in [-0.15, -0.1) is 0 Å². The third-order valence-electron chi connectivity index (χ3n) is 3.86. The molecule has 0 fully saturated rings. The van der Waals surface area contributed by atoms with E-state index in [4.69, 9.17) is 9.47 Å². The molecule has 1 radical (unpaired) electrons. The summed E-state index contributed by atoms with van der Waals surface area (Å²) in [6.07, 6.45) is 1.71. The van der Waals surface area contributed by atoms with Crippen LogP contribution in [0.3, 0.4) is 0 Å². The molecule has 0 aromatic rings. The van der Waals surface area contributed by atoms with Gasteiger partial charge in [-0.25, -0.2) is 9.59 Å². The zero-order valence-electron chi connectivity index (χ0n) is 16.7. The smallest absolute Gasteiger partial charge is 0.333 e. The Kier molecular flexibility index (Phi) is 10.9. The number of hydrogen-bond donors (Lipinski definition) is 0. The Hall–Kier alpha value is -1.19. The molecular weight excluding hydrogens is 350 g/mol. The minimum absolute atomic E-state index is 0.320. The molecule has 0 heterocycles. The molecule has 0 rings (SSSR count). The van der Waals surface area contributed by atoms with Crippen LogP contribution >= 0.6 is 0 Å². The Bertz CT molecular complexity index is 452. The molecular formula is C18H34NO4Si2. The summed E-state index contributed by atoms with van der Waals surface area (Å²) in [5.41, 5.74) is 0.869. The number of esters is 2. The molecule has 25 heavy (non-hydrogen) atoms. The minimum Gasteiger partial charge on any atom is -0.462 e. The lowest BCUT2D eigenvalue weighted by Crippen LogP contribution is -2.52. The first kappa shape index (κ1) is 23.8. The molecule has 7 heteroatoms. The third kappa shape index (κ3) is 10.4. The van der Waals surface area contributed by atoms with Gasteiger partial charge in [0, 0.05) is 11.1 Å². The average molecular weight is 385 g/mol. The summed E-state index contributed by atoms with van der Waals surface area (Å²) < 4.78 is 13.0. The Morgan fingerprint density at radius 2 is 1.28 bits per heavy atom. The SMILES string of the molecule is C=C(C)C(=O)OCCC[Si](CCCOC(=O)C(=C)C)N(C)[Si](C)(C)C. The van der Waals surface area contributed by atoms with E-state index in [-0.39, 0.29) is 11.9 Å². The van der Waals surface area contributed by atoms with Gasteiger partial charge in [-0.1, -0.05) is 32.8 Å². The average Bonchev–Trinajstić information content (AvgIpc) is 2.50. The summed E-state index contributed by atoms with van der Waals surface area (Å²) in [5.74, 6) is -0.641. The first-order chi connectivity index (χ1) is 11.5. The largest absolute Gasteiger partial charge is 0.462 e. The second kappa shape index (κ2) is 11.4. The molecule has 5 nitrogen and oxygen atoms in total. The molecule has 0 N–H and O–H groups in total. The highest BCUT2D eigenvalue weighted by molar-refractivity contribution is 6.83. The molecule has 0 aliphatic heterocycles. The van der Waals surface area contributed by atoms with Gasteiger partial charge in [0.15, 0.2) is 0 Å². The second-order valence-electron chi connectivity index (χ2n) is 7.34. The quantitative estimate of drug-likeness (QED) is 0.222. The van der Waals surface area contributed by atoms with Crippen LogP contribution in [-0.4, -0.2) is 53.6 Å². The van der Waals surface area contributed by atoms with Crippen LogP contribution in [0.15, 0.2) is 24.3 Å². The lowest BCUT2D eigenvalue weighted by molar-refractivity contribution is -0.139. The third-order valence-corrected chi connectivity index (χ3v) is 11.6. The highest BCUT2D eigenvalue weighted by Crippen LogP contribution is 2.17. The second-order valence-corrected chi connectivity index (χ2v) is 15.6. The molecule has 0 aliphatic carbocycles. The molecule has 0 amide bonds. The summed E-state index contributed by atoms with van der Waals surface area (Å²) in [5, 5.41) is 0. The Morgan fingerprint density at radius 1 is 0.920 bits per heavy atom. The lowest BCUT2D eigenvalue weighted by Gasteiger charge is -2.36. The molecule has 0 aliphatic rings. The number of ether oxygens (including phenoxy) is 2. The van der Waals surface area contributed by atoms with Crippen molar-refractivity contribution in [1.82, 2.24) is 4.23 Å². The van der Waals surface area contributed by atoms with Crippen molar-refractivity contribution in [1.29, 1.82) is 0 Å². The molecule has 143 valence electrons. The van der Waals surface area contributed by atoms with E-state index in [1.807, 2.05) is 0 Å². The molecule has 0 atom stereocenters. The Morgan fingerprint density at radius 3 is 1.56 bits per heavy atom. The maximum Gasteiger partial charge on any atom is 0.333 e. The van der Waals surface area contributed by atoms with E-state index < -0.39 is 17.2 Å². The van der Waals surface area contributed by atoms with Gasteiger partial charge < -0.3 is 13.7 Å². The van der Waals surface area contributed by atoms with Gasteiger partial charge in [0.2, 0.25) is 0 Å². The van der Waals surface area contributed by atoms with Crippen LogP contribution in [0, 0.1) is 0 Å². The zero-order chi connectivity index (χ0) is 19.6. The van der Waals surface area contributed by atoms with Crippen LogP contribution in [0.5, 0.6) is 0 Å². The van der Waals surface area contributed by atoms with Gasteiger partial charge in [0.25, 0.3) is 0 Å². The van der Waals surface area contributed by atoms with Crippen LogP contribution in [0.4, 0.5) is 0 Å². The van der Waals surface area contributed by atoms with Crippen LogP contribution in [0.2, 0.25) is 31.7 Å². The molecule has 0 aromatic carbocycles. The van der Waals surface area contributed by atoms with Crippen LogP contribution in [0.1, 0.15) is 26.7 Å². The number of hydrogen-bond acceptors (Lipinski definition) is 5. The highest BCUT2D eigenvalue weighted by atomic mass is 28.4. The minimum atomic E-state index is -1.39. The van der Waals surface area contributed by atoms with Crippen molar-refractivity contribution in [2.24, 2.45) is 0 Å². The van der Waals surface area contributed by atoms with Crippen molar-refractivity contribution >= 4 is 29.1 Å². The van der Waals surface area contributed by atoms with Gasteiger partial charge in [0.05, 0.1) is 13.2 Å². The van der Waals surface area contributed by atoms with E-state index >= 15 is 0 Å². The molecule has 0 saturated heterocycles. The fraction of sp³-hybridized carbons (Fsp3) is 0.667. The normalized spacial score (nSPS) is 11.5. The van der Waals surface area contributed by atoms with Crippen LogP contribution in [-0.2, 0) is 19.1 Å². The summed E-state index contributed by atoms with van der Waals surface area (Å²) in [6, 6.07) is 2.09. The molecule has 0 aromatic heterocycles. The van der Waals surface area contributed by atoms with Crippen molar-refractivity contribution in [2.75, 3.05) is 20.3 Å². The maximum atomic E-state index is 11.4. The van der Waals surface area contributed by atoms with Crippen molar-refractivity contribution < 1.29 is 19.1 Å². The molecule has 0 bridgehead atoms. The predicted molar refractivity (Wildman–Crippen MR) is 107 cm³/mol. The van der Waals surface area contributed by atoms with Gasteiger partial charge in [-0.05, 0) is 45.8 Å². The molecule has 0 spiro atoms. The van der Waals surface area contributed by atoms with Crippen LogP contribution < -0.4 is 0 Å². The monoisotopic (exact) mass is 384 g/mol. The summed E-state index contributed by atoms with van der Waals surface area (Å²) in [6.45, 7) is 18.4. The lowest BCUT2D eigenvalue weighted by atomic mass is 10.4. The Balaban J connectivity index is 4.42. The highest BCUT2D eigenvalue weighted by Gasteiger charge is 2.28. The summed E-state index contributed by atoms with van der Waals surface area (Å²) >= 11 is 0. The van der Waals surface area contributed by atoms with E-state index in [0.29, 0.717) is 24.4 Å². The van der Waals surface area contributed by atoms with E-state index in [1.165, 1.54) is 0 Å². The van der Waals surface area contributed by atoms with Crippen LogP contribution in [0.25, 0.3) is 0 Å². The first-order valence-corrected chi connectivity index (χ1v) is 14.0.